The van der Waals surface area contributed by atoms with Crippen molar-refractivity contribution in [2.75, 3.05) is 7.11 Å². The van der Waals surface area contributed by atoms with Gasteiger partial charge in [-0.2, -0.15) is 0 Å². The molecule has 0 saturated heterocycles. The van der Waals surface area contributed by atoms with E-state index >= 15 is 0 Å². The molecule has 15 heavy (non-hydrogen) atoms. The van der Waals surface area contributed by atoms with Crippen molar-refractivity contribution < 1.29 is 9.53 Å². The summed E-state index contributed by atoms with van der Waals surface area (Å²) < 4.78 is 4.99. The van der Waals surface area contributed by atoms with E-state index < -0.39 is 0 Å². The summed E-state index contributed by atoms with van der Waals surface area (Å²) in [6.07, 6.45) is 0. The van der Waals surface area contributed by atoms with Crippen LogP contribution >= 0.6 is 0 Å². The lowest BCUT2D eigenvalue weighted by molar-refractivity contribution is -0.124. The Hall–Kier alpha value is -1.58. The van der Waals surface area contributed by atoms with Crippen molar-refractivity contribution in [1.82, 2.24) is 10.3 Å². The van der Waals surface area contributed by atoms with Crippen LogP contribution in [-0.4, -0.2) is 18.0 Å². The number of carbonyl (C=O) groups is 1. The molecule has 1 amide bonds. The van der Waals surface area contributed by atoms with Gasteiger partial charge in [0, 0.05) is 12.0 Å². The van der Waals surface area contributed by atoms with Crippen LogP contribution in [0.5, 0.6) is 5.88 Å². The molecule has 1 aromatic rings. The van der Waals surface area contributed by atoms with Crippen LogP contribution in [0.15, 0.2) is 18.2 Å². The van der Waals surface area contributed by atoms with E-state index in [1.807, 2.05) is 26.0 Å². The van der Waals surface area contributed by atoms with E-state index in [1.165, 1.54) is 0 Å². The number of ether oxygens (including phenoxy) is 1. The predicted octanol–water partition coefficient (Wildman–Crippen LogP) is 1.36. The molecule has 4 nitrogen and oxygen atoms in total. The van der Waals surface area contributed by atoms with Gasteiger partial charge in [0.1, 0.15) is 0 Å². The van der Waals surface area contributed by atoms with Gasteiger partial charge < -0.3 is 10.1 Å². The van der Waals surface area contributed by atoms with Crippen LogP contribution in [0.2, 0.25) is 0 Å². The Morgan fingerprint density at radius 2 is 2.27 bits per heavy atom. The molecular weight excluding hydrogens is 192 g/mol. The maximum absolute atomic E-state index is 11.3. The zero-order chi connectivity index (χ0) is 11.3. The first-order valence-electron chi connectivity index (χ1n) is 4.91. The third-order valence-corrected chi connectivity index (χ3v) is 1.96. The van der Waals surface area contributed by atoms with E-state index in [4.69, 9.17) is 4.74 Å². The highest BCUT2D eigenvalue weighted by atomic mass is 16.5. The van der Waals surface area contributed by atoms with Crippen LogP contribution < -0.4 is 10.1 Å². The number of nitrogens with zero attached hydrogens (tertiary/aromatic N) is 1. The van der Waals surface area contributed by atoms with Crippen LogP contribution in [0.3, 0.4) is 0 Å². The standard InChI is InChI=1S/C11H16N2O2/c1-8(2)11(14)12-7-9-5-4-6-10(13-9)15-3/h4-6,8H,7H2,1-3H3,(H,12,14). The van der Waals surface area contributed by atoms with Crippen molar-refractivity contribution in [3.63, 3.8) is 0 Å². The Bertz CT molecular complexity index is 337. The molecule has 0 aliphatic rings. The maximum Gasteiger partial charge on any atom is 0.222 e. The van der Waals surface area contributed by atoms with Gasteiger partial charge in [-0.1, -0.05) is 19.9 Å². The third kappa shape index (κ3) is 3.58. The number of hydrogen-bond donors (Lipinski definition) is 1. The fourth-order valence-electron chi connectivity index (χ4n) is 1.05. The topological polar surface area (TPSA) is 51.2 Å². The molecule has 4 heteroatoms. The summed E-state index contributed by atoms with van der Waals surface area (Å²) >= 11 is 0. The molecule has 0 aliphatic carbocycles. The number of aromatic nitrogens is 1. The van der Waals surface area contributed by atoms with Gasteiger partial charge in [0.25, 0.3) is 0 Å². The fraction of sp³-hybridized carbons (Fsp3) is 0.455. The third-order valence-electron chi connectivity index (χ3n) is 1.96. The lowest BCUT2D eigenvalue weighted by atomic mass is 10.2. The molecule has 0 fully saturated rings. The van der Waals surface area contributed by atoms with Gasteiger partial charge >= 0.3 is 0 Å². The molecule has 0 saturated carbocycles. The summed E-state index contributed by atoms with van der Waals surface area (Å²) in [6, 6.07) is 5.47. The lowest BCUT2D eigenvalue weighted by Gasteiger charge is -2.07. The minimum absolute atomic E-state index is 0.00407. The number of pyridine rings is 1. The van der Waals surface area contributed by atoms with Crippen LogP contribution in [-0.2, 0) is 11.3 Å². The van der Waals surface area contributed by atoms with Gasteiger partial charge in [-0.05, 0) is 6.07 Å². The van der Waals surface area contributed by atoms with Crippen molar-refractivity contribution in [2.45, 2.75) is 20.4 Å². The molecule has 1 N–H and O–H groups in total. The number of methoxy groups -OCH3 is 1. The molecule has 0 atom stereocenters. The Labute approximate surface area is 89.7 Å². The Morgan fingerprint density at radius 1 is 1.53 bits per heavy atom. The zero-order valence-corrected chi connectivity index (χ0v) is 9.28. The van der Waals surface area contributed by atoms with Crippen molar-refractivity contribution in [3.8, 4) is 5.88 Å². The van der Waals surface area contributed by atoms with Crippen LogP contribution in [0.1, 0.15) is 19.5 Å². The average molecular weight is 208 g/mol. The molecule has 82 valence electrons. The Balaban J connectivity index is 2.54. The summed E-state index contributed by atoms with van der Waals surface area (Å²) in [7, 11) is 1.57. The highest BCUT2D eigenvalue weighted by Gasteiger charge is 2.06. The summed E-state index contributed by atoms with van der Waals surface area (Å²) in [6.45, 7) is 4.15. The molecule has 1 aromatic heterocycles. The second-order valence-electron chi connectivity index (χ2n) is 3.54. The first-order valence-corrected chi connectivity index (χ1v) is 4.91. The molecule has 0 radical (unpaired) electrons. The summed E-state index contributed by atoms with van der Waals surface area (Å²) in [5, 5.41) is 2.79. The van der Waals surface area contributed by atoms with Crippen molar-refractivity contribution in [3.05, 3.63) is 23.9 Å². The summed E-state index contributed by atoms with van der Waals surface area (Å²) in [4.78, 5) is 15.5. The zero-order valence-electron chi connectivity index (χ0n) is 9.28. The van der Waals surface area contributed by atoms with Crippen LogP contribution in [0.25, 0.3) is 0 Å². The molecular formula is C11H16N2O2. The van der Waals surface area contributed by atoms with Crippen molar-refractivity contribution in [1.29, 1.82) is 0 Å². The van der Waals surface area contributed by atoms with Gasteiger partial charge in [-0.15, -0.1) is 0 Å². The minimum Gasteiger partial charge on any atom is -0.481 e. The quantitative estimate of drug-likeness (QED) is 0.812. The molecule has 0 spiro atoms. The first-order chi connectivity index (χ1) is 7.13. The predicted molar refractivity (Wildman–Crippen MR) is 57.5 cm³/mol. The van der Waals surface area contributed by atoms with E-state index in [0.717, 1.165) is 5.69 Å². The maximum atomic E-state index is 11.3. The van der Waals surface area contributed by atoms with E-state index in [1.54, 1.807) is 13.2 Å². The molecule has 1 heterocycles. The van der Waals surface area contributed by atoms with E-state index in [0.29, 0.717) is 12.4 Å². The lowest BCUT2D eigenvalue weighted by Crippen LogP contribution is -2.27. The highest BCUT2D eigenvalue weighted by molar-refractivity contribution is 5.77. The largest absolute Gasteiger partial charge is 0.481 e. The van der Waals surface area contributed by atoms with Crippen LogP contribution in [0.4, 0.5) is 0 Å². The number of amides is 1. The molecule has 1 rings (SSSR count). The van der Waals surface area contributed by atoms with Gasteiger partial charge in [0.15, 0.2) is 0 Å². The van der Waals surface area contributed by atoms with Gasteiger partial charge in [0.2, 0.25) is 11.8 Å². The number of rotatable bonds is 4. The van der Waals surface area contributed by atoms with E-state index in [-0.39, 0.29) is 11.8 Å². The molecule has 0 unspecified atom stereocenters. The first kappa shape index (κ1) is 11.5. The smallest absolute Gasteiger partial charge is 0.222 e. The highest BCUT2D eigenvalue weighted by Crippen LogP contribution is 2.06. The Kier molecular flexibility index (Phi) is 4.09. The Morgan fingerprint density at radius 3 is 2.87 bits per heavy atom. The fourth-order valence-corrected chi connectivity index (χ4v) is 1.05. The van der Waals surface area contributed by atoms with E-state index in [2.05, 4.69) is 10.3 Å². The summed E-state index contributed by atoms with van der Waals surface area (Å²) in [5.74, 6) is 0.585. The van der Waals surface area contributed by atoms with Gasteiger partial charge in [-0.3, -0.25) is 4.79 Å². The molecule has 0 bridgehead atoms. The normalized spacial score (nSPS) is 10.1. The summed E-state index contributed by atoms with van der Waals surface area (Å²) in [5.41, 5.74) is 0.795. The number of hydrogen-bond acceptors (Lipinski definition) is 3. The van der Waals surface area contributed by atoms with E-state index in [9.17, 15) is 4.79 Å². The molecule has 0 aromatic carbocycles. The monoisotopic (exact) mass is 208 g/mol. The number of nitrogens with one attached hydrogen (secondary N) is 1. The van der Waals surface area contributed by atoms with Gasteiger partial charge in [0.05, 0.1) is 19.3 Å². The molecule has 0 aliphatic heterocycles. The van der Waals surface area contributed by atoms with Crippen LogP contribution in [0, 0.1) is 5.92 Å². The SMILES string of the molecule is COc1cccc(CNC(=O)C(C)C)n1. The second-order valence-corrected chi connectivity index (χ2v) is 3.54. The van der Waals surface area contributed by atoms with Gasteiger partial charge in [-0.25, -0.2) is 4.98 Å². The second kappa shape index (κ2) is 5.34. The van der Waals surface area contributed by atoms with Crippen molar-refractivity contribution in [2.24, 2.45) is 5.92 Å². The van der Waals surface area contributed by atoms with Crippen molar-refractivity contribution >= 4 is 5.91 Å². The average Bonchev–Trinajstić information content (AvgIpc) is 2.26. The number of carbonyl (C=O) groups excluding carboxylic acids is 1. The minimum atomic E-state index is -0.00407.